The number of hydrogen-bond donors (Lipinski definition) is 1. The number of nitro groups is 1. The Morgan fingerprint density at radius 2 is 1.74 bits per heavy atom. The minimum atomic E-state index is -0.435. The van der Waals surface area contributed by atoms with Crippen molar-refractivity contribution in [1.82, 2.24) is 0 Å². The van der Waals surface area contributed by atoms with Crippen molar-refractivity contribution in [1.29, 1.82) is 0 Å². The Morgan fingerprint density at radius 1 is 1.04 bits per heavy atom. The van der Waals surface area contributed by atoms with Crippen molar-refractivity contribution in [3.8, 4) is 5.75 Å². The lowest BCUT2D eigenvalue weighted by molar-refractivity contribution is -0.384. The van der Waals surface area contributed by atoms with E-state index in [0.29, 0.717) is 12.3 Å². The maximum Gasteiger partial charge on any atom is 0.269 e. The van der Waals surface area contributed by atoms with Gasteiger partial charge in [-0.1, -0.05) is 24.3 Å². The molecule has 0 saturated heterocycles. The summed E-state index contributed by atoms with van der Waals surface area (Å²) in [5.41, 5.74) is 6.84. The first-order valence-electron chi connectivity index (χ1n) is 8.43. The molecule has 0 aliphatic carbocycles. The number of non-ortho nitro benzene ring substituents is 1. The Hall–Kier alpha value is -3.67. The van der Waals surface area contributed by atoms with Crippen LogP contribution in [0.3, 0.4) is 0 Å². The van der Waals surface area contributed by atoms with Gasteiger partial charge in [0.15, 0.2) is 0 Å². The van der Waals surface area contributed by atoms with E-state index < -0.39 is 4.92 Å². The van der Waals surface area contributed by atoms with Gasteiger partial charge in [0.05, 0.1) is 16.8 Å². The molecule has 0 atom stereocenters. The maximum atomic E-state index is 10.6. The predicted octanol–water partition coefficient (Wildman–Crippen LogP) is 4.93. The molecule has 0 amide bonds. The molecule has 0 aliphatic heterocycles. The zero-order valence-corrected chi connectivity index (χ0v) is 14.8. The molecule has 0 heterocycles. The van der Waals surface area contributed by atoms with Crippen molar-refractivity contribution < 1.29 is 9.66 Å². The summed E-state index contributed by atoms with van der Waals surface area (Å²) in [7, 11) is 0. The summed E-state index contributed by atoms with van der Waals surface area (Å²) in [5.74, 6) is 0.790. The van der Waals surface area contributed by atoms with Gasteiger partial charge in [-0.3, -0.25) is 15.5 Å². The van der Waals surface area contributed by atoms with Gasteiger partial charge in [-0.05, 0) is 60.0 Å². The van der Waals surface area contributed by atoms with E-state index in [4.69, 9.17) is 4.74 Å². The Balaban J connectivity index is 1.53. The highest BCUT2D eigenvalue weighted by Crippen LogP contribution is 2.16. The van der Waals surface area contributed by atoms with Crippen molar-refractivity contribution in [3.63, 3.8) is 0 Å². The molecule has 0 saturated carbocycles. The Morgan fingerprint density at radius 3 is 2.41 bits per heavy atom. The number of nitrogens with one attached hydrogen (secondary N) is 1. The zero-order chi connectivity index (χ0) is 19.1. The maximum absolute atomic E-state index is 10.6. The molecule has 3 aromatic carbocycles. The first-order valence-corrected chi connectivity index (χ1v) is 8.43. The number of aryl methyl sites for hydroxylation is 1. The number of benzene rings is 3. The molecule has 136 valence electrons. The highest BCUT2D eigenvalue weighted by Gasteiger charge is 2.03. The zero-order valence-electron chi connectivity index (χ0n) is 14.8. The second-order valence-corrected chi connectivity index (χ2v) is 5.96. The summed E-state index contributed by atoms with van der Waals surface area (Å²) in [4.78, 5) is 10.2. The topological polar surface area (TPSA) is 76.8 Å². The van der Waals surface area contributed by atoms with Crippen molar-refractivity contribution in [2.45, 2.75) is 13.5 Å². The van der Waals surface area contributed by atoms with Crippen molar-refractivity contribution in [2.24, 2.45) is 5.10 Å². The quantitative estimate of drug-likeness (QED) is 0.368. The van der Waals surface area contributed by atoms with Crippen LogP contribution in [-0.2, 0) is 6.61 Å². The average Bonchev–Trinajstić information content (AvgIpc) is 2.69. The van der Waals surface area contributed by atoms with Crippen LogP contribution in [0.25, 0.3) is 0 Å². The van der Waals surface area contributed by atoms with Crippen LogP contribution in [0.1, 0.15) is 16.7 Å². The van der Waals surface area contributed by atoms with E-state index in [-0.39, 0.29) is 5.69 Å². The number of nitro benzene ring substituents is 1. The van der Waals surface area contributed by atoms with Gasteiger partial charge in [0.25, 0.3) is 5.69 Å². The predicted molar refractivity (Wildman–Crippen MR) is 106 cm³/mol. The Labute approximate surface area is 157 Å². The van der Waals surface area contributed by atoms with Gasteiger partial charge in [0.2, 0.25) is 0 Å². The number of anilines is 1. The molecule has 6 nitrogen and oxygen atoms in total. The van der Waals surface area contributed by atoms with Crippen molar-refractivity contribution >= 4 is 17.6 Å². The van der Waals surface area contributed by atoms with Crippen LogP contribution in [-0.4, -0.2) is 11.1 Å². The third-order valence-electron chi connectivity index (χ3n) is 4.02. The molecule has 0 bridgehead atoms. The second kappa shape index (κ2) is 8.62. The minimum absolute atomic E-state index is 0.0471. The standard InChI is InChI=1S/C21H19N3O3/c1-16-4-2-3-5-18(16)15-27-21-12-6-17(7-13-21)14-22-23-19-8-10-20(11-9-19)24(25)26/h2-14,23H,15H2,1H3. The van der Waals surface area contributed by atoms with E-state index in [2.05, 4.69) is 29.6 Å². The van der Waals surface area contributed by atoms with Gasteiger partial charge in [0.1, 0.15) is 12.4 Å². The number of nitrogens with zero attached hydrogens (tertiary/aromatic N) is 2. The first kappa shape index (κ1) is 18.1. The summed E-state index contributed by atoms with van der Waals surface area (Å²) in [6.07, 6.45) is 1.67. The van der Waals surface area contributed by atoms with Crippen LogP contribution < -0.4 is 10.2 Å². The fourth-order valence-corrected chi connectivity index (χ4v) is 2.42. The second-order valence-electron chi connectivity index (χ2n) is 5.96. The lowest BCUT2D eigenvalue weighted by Gasteiger charge is -2.08. The van der Waals surface area contributed by atoms with E-state index in [1.165, 1.54) is 17.7 Å². The summed E-state index contributed by atoms with van der Waals surface area (Å²) in [6, 6.07) is 21.8. The van der Waals surface area contributed by atoms with Crippen LogP contribution in [0, 0.1) is 17.0 Å². The van der Waals surface area contributed by atoms with E-state index in [1.807, 2.05) is 36.4 Å². The fraction of sp³-hybridized carbons (Fsp3) is 0.0952. The van der Waals surface area contributed by atoms with E-state index in [1.54, 1.807) is 18.3 Å². The Bertz CT molecular complexity index is 936. The molecule has 1 N–H and O–H groups in total. The highest BCUT2D eigenvalue weighted by atomic mass is 16.6. The summed E-state index contributed by atoms with van der Waals surface area (Å²) >= 11 is 0. The number of ether oxygens (including phenoxy) is 1. The van der Waals surface area contributed by atoms with Gasteiger partial charge in [-0.2, -0.15) is 5.10 Å². The normalized spacial score (nSPS) is 10.7. The number of hydrazone groups is 1. The third-order valence-corrected chi connectivity index (χ3v) is 4.02. The van der Waals surface area contributed by atoms with Gasteiger partial charge in [0, 0.05) is 12.1 Å². The lowest BCUT2D eigenvalue weighted by atomic mass is 10.1. The fourth-order valence-electron chi connectivity index (χ4n) is 2.42. The molecular weight excluding hydrogens is 342 g/mol. The van der Waals surface area contributed by atoms with Gasteiger partial charge >= 0.3 is 0 Å². The van der Waals surface area contributed by atoms with Crippen LogP contribution >= 0.6 is 0 Å². The molecule has 0 aliphatic rings. The molecule has 3 rings (SSSR count). The first-order chi connectivity index (χ1) is 13.1. The molecule has 0 radical (unpaired) electrons. The molecule has 0 fully saturated rings. The van der Waals surface area contributed by atoms with E-state index in [0.717, 1.165) is 16.9 Å². The van der Waals surface area contributed by atoms with E-state index >= 15 is 0 Å². The van der Waals surface area contributed by atoms with E-state index in [9.17, 15) is 10.1 Å². The van der Waals surface area contributed by atoms with Crippen molar-refractivity contribution in [3.05, 3.63) is 99.6 Å². The molecule has 0 unspecified atom stereocenters. The molecular formula is C21H19N3O3. The smallest absolute Gasteiger partial charge is 0.269 e. The van der Waals surface area contributed by atoms with Gasteiger partial charge < -0.3 is 4.74 Å². The van der Waals surface area contributed by atoms with Gasteiger partial charge in [-0.15, -0.1) is 0 Å². The summed E-state index contributed by atoms with van der Waals surface area (Å²) < 4.78 is 5.82. The third kappa shape index (κ3) is 5.15. The summed E-state index contributed by atoms with van der Waals surface area (Å²) in [5, 5.41) is 14.8. The minimum Gasteiger partial charge on any atom is -0.489 e. The number of hydrogen-bond acceptors (Lipinski definition) is 5. The SMILES string of the molecule is Cc1ccccc1COc1ccc(C=NNc2ccc([N+](=O)[O-])cc2)cc1. The number of rotatable bonds is 7. The van der Waals surface area contributed by atoms with Crippen LogP contribution in [0.15, 0.2) is 77.9 Å². The highest BCUT2D eigenvalue weighted by molar-refractivity contribution is 5.80. The lowest BCUT2D eigenvalue weighted by Crippen LogP contribution is -1.97. The van der Waals surface area contributed by atoms with Crippen LogP contribution in [0.2, 0.25) is 0 Å². The van der Waals surface area contributed by atoms with Crippen LogP contribution in [0.5, 0.6) is 5.75 Å². The molecule has 6 heteroatoms. The molecule has 0 spiro atoms. The molecule has 27 heavy (non-hydrogen) atoms. The largest absolute Gasteiger partial charge is 0.489 e. The molecule has 3 aromatic rings. The van der Waals surface area contributed by atoms with Crippen molar-refractivity contribution in [2.75, 3.05) is 5.43 Å². The average molecular weight is 361 g/mol. The van der Waals surface area contributed by atoms with Gasteiger partial charge in [-0.25, -0.2) is 0 Å². The Kier molecular flexibility index (Phi) is 5.79. The monoisotopic (exact) mass is 361 g/mol. The van der Waals surface area contributed by atoms with Crippen LogP contribution in [0.4, 0.5) is 11.4 Å². The summed E-state index contributed by atoms with van der Waals surface area (Å²) in [6.45, 7) is 2.60. The molecule has 0 aromatic heterocycles.